The number of aliphatic hydroxyl groups is 1. The van der Waals surface area contributed by atoms with Gasteiger partial charge in [0.15, 0.2) is 6.10 Å². The second-order valence-corrected chi connectivity index (χ2v) is 3.12. The van der Waals surface area contributed by atoms with E-state index in [-0.39, 0.29) is 16.3 Å². The SMILES string of the molecule is O=C1Nc2c(F)ccc(Cl)c2C1O. The lowest BCUT2D eigenvalue weighted by Gasteiger charge is -2.03. The summed E-state index contributed by atoms with van der Waals surface area (Å²) in [6, 6.07) is 2.44. The first kappa shape index (κ1) is 8.47. The quantitative estimate of drug-likeness (QED) is 0.668. The Morgan fingerprint density at radius 2 is 2.23 bits per heavy atom. The Morgan fingerprint density at radius 3 is 2.85 bits per heavy atom. The lowest BCUT2D eigenvalue weighted by Crippen LogP contribution is -2.10. The van der Waals surface area contributed by atoms with Gasteiger partial charge in [0.05, 0.1) is 5.69 Å². The molecule has 0 radical (unpaired) electrons. The molecule has 1 aromatic rings. The normalized spacial score (nSPS) is 19.9. The first-order valence-electron chi connectivity index (χ1n) is 3.58. The van der Waals surface area contributed by atoms with E-state index in [0.29, 0.717) is 0 Å². The van der Waals surface area contributed by atoms with Crippen LogP contribution in [0.25, 0.3) is 0 Å². The number of carbonyl (C=O) groups is 1. The Balaban J connectivity index is 2.68. The van der Waals surface area contributed by atoms with Crippen LogP contribution in [-0.2, 0) is 4.79 Å². The third-order valence-corrected chi connectivity index (χ3v) is 2.24. The van der Waals surface area contributed by atoms with E-state index in [2.05, 4.69) is 5.32 Å². The summed E-state index contributed by atoms with van der Waals surface area (Å²) in [5, 5.41) is 11.7. The molecule has 3 nitrogen and oxygen atoms in total. The number of halogens is 2. The minimum Gasteiger partial charge on any atom is -0.378 e. The molecule has 0 saturated heterocycles. The van der Waals surface area contributed by atoms with Gasteiger partial charge in [0, 0.05) is 10.6 Å². The summed E-state index contributed by atoms with van der Waals surface area (Å²) in [7, 11) is 0. The fourth-order valence-corrected chi connectivity index (χ4v) is 1.55. The minimum atomic E-state index is -1.36. The number of benzene rings is 1. The molecule has 0 aromatic heterocycles. The lowest BCUT2D eigenvalue weighted by atomic mass is 10.1. The van der Waals surface area contributed by atoms with Crippen molar-refractivity contribution in [2.45, 2.75) is 6.10 Å². The number of hydrogen-bond donors (Lipinski definition) is 2. The molecule has 2 N–H and O–H groups in total. The molecular formula is C8H5ClFNO2. The monoisotopic (exact) mass is 201 g/mol. The summed E-state index contributed by atoms with van der Waals surface area (Å²) in [6.45, 7) is 0. The van der Waals surface area contributed by atoms with E-state index in [1.165, 1.54) is 6.07 Å². The first-order chi connectivity index (χ1) is 6.11. The van der Waals surface area contributed by atoms with E-state index in [9.17, 15) is 14.3 Å². The van der Waals surface area contributed by atoms with Crippen LogP contribution in [0.2, 0.25) is 5.02 Å². The van der Waals surface area contributed by atoms with Gasteiger partial charge in [-0.25, -0.2) is 4.39 Å². The van der Waals surface area contributed by atoms with Gasteiger partial charge in [0.2, 0.25) is 0 Å². The van der Waals surface area contributed by atoms with Crippen molar-refractivity contribution in [2.24, 2.45) is 0 Å². The Morgan fingerprint density at radius 1 is 1.54 bits per heavy atom. The van der Waals surface area contributed by atoms with Crippen molar-refractivity contribution >= 4 is 23.2 Å². The molecule has 1 heterocycles. The molecule has 1 aliphatic heterocycles. The molecule has 2 rings (SSSR count). The fourth-order valence-electron chi connectivity index (χ4n) is 1.28. The van der Waals surface area contributed by atoms with E-state index in [0.717, 1.165) is 6.07 Å². The molecule has 0 spiro atoms. The summed E-state index contributed by atoms with van der Waals surface area (Å²) < 4.78 is 13.0. The highest BCUT2D eigenvalue weighted by molar-refractivity contribution is 6.32. The average molecular weight is 202 g/mol. The minimum absolute atomic E-state index is 0.0231. The highest BCUT2D eigenvalue weighted by Crippen LogP contribution is 2.37. The maximum atomic E-state index is 13.0. The molecule has 5 heteroatoms. The van der Waals surface area contributed by atoms with E-state index < -0.39 is 17.8 Å². The number of rotatable bonds is 0. The fraction of sp³-hybridized carbons (Fsp3) is 0.125. The zero-order valence-electron chi connectivity index (χ0n) is 6.34. The van der Waals surface area contributed by atoms with Gasteiger partial charge in [-0.1, -0.05) is 11.6 Å². The van der Waals surface area contributed by atoms with E-state index in [4.69, 9.17) is 11.6 Å². The Kier molecular flexibility index (Phi) is 1.75. The number of aliphatic hydroxyl groups excluding tert-OH is 1. The molecule has 0 saturated carbocycles. The highest BCUT2D eigenvalue weighted by Gasteiger charge is 2.32. The third kappa shape index (κ3) is 1.10. The summed E-state index contributed by atoms with van der Waals surface area (Å²) in [6.07, 6.45) is -1.36. The first-order valence-corrected chi connectivity index (χ1v) is 3.96. The van der Waals surface area contributed by atoms with E-state index >= 15 is 0 Å². The van der Waals surface area contributed by atoms with Crippen molar-refractivity contribution in [1.82, 2.24) is 0 Å². The number of carbonyl (C=O) groups excluding carboxylic acids is 1. The molecule has 13 heavy (non-hydrogen) atoms. The third-order valence-electron chi connectivity index (χ3n) is 1.91. The zero-order valence-corrected chi connectivity index (χ0v) is 7.10. The van der Waals surface area contributed by atoms with Crippen molar-refractivity contribution in [3.8, 4) is 0 Å². The number of amides is 1. The van der Waals surface area contributed by atoms with Crippen LogP contribution in [0.3, 0.4) is 0 Å². The second kappa shape index (κ2) is 2.68. The topological polar surface area (TPSA) is 49.3 Å². The van der Waals surface area contributed by atoms with Gasteiger partial charge in [-0.2, -0.15) is 0 Å². The van der Waals surface area contributed by atoms with E-state index in [1.807, 2.05) is 0 Å². The molecular weight excluding hydrogens is 197 g/mol. The molecule has 1 amide bonds. The molecule has 0 bridgehead atoms. The molecule has 1 unspecified atom stereocenters. The van der Waals surface area contributed by atoms with Gasteiger partial charge in [0.25, 0.3) is 5.91 Å². The predicted octanol–water partition coefficient (Wildman–Crippen LogP) is 1.46. The second-order valence-electron chi connectivity index (χ2n) is 2.71. The van der Waals surface area contributed by atoms with Gasteiger partial charge in [-0.15, -0.1) is 0 Å². The molecule has 1 aromatic carbocycles. The average Bonchev–Trinajstić information content (AvgIpc) is 2.38. The van der Waals surface area contributed by atoms with Crippen LogP contribution in [0.4, 0.5) is 10.1 Å². The predicted molar refractivity (Wildman–Crippen MR) is 45.0 cm³/mol. The molecule has 1 atom stereocenters. The summed E-state index contributed by atoms with van der Waals surface area (Å²) in [5.41, 5.74) is 0.0941. The summed E-state index contributed by atoms with van der Waals surface area (Å²) in [5.74, 6) is -1.24. The van der Waals surface area contributed by atoms with Gasteiger partial charge in [0.1, 0.15) is 5.82 Å². The van der Waals surface area contributed by atoms with Gasteiger partial charge in [-0.05, 0) is 12.1 Å². The highest BCUT2D eigenvalue weighted by atomic mass is 35.5. The van der Waals surface area contributed by atoms with Crippen LogP contribution >= 0.6 is 11.6 Å². The van der Waals surface area contributed by atoms with Crippen LogP contribution < -0.4 is 5.32 Å². The Hall–Kier alpha value is -1.13. The summed E-state index contributed by atoms with van der Waals surface area (Å²) >= 11 is 5.68. The van der Waals surface area contributed by atoms with Crippen molar-refractivity contribution in [1.29, 1.82) is 0 Å². The standard InChI is InChI=1S/C8H5ClFNO2/c9-3-1-2-4(10)6-5(3)7(12)8(13)11-6/h1-2,7,12H,(H,11,13). The Bertz CT molecular complexity index is 394. The van der Waals surface area contributed by atoms with Gasteiger partial charge < -0.3 is 10.4 Å². The van der Waals surface area contributed by atoms with Crippen molar-refractivity contribution in [2.75, 3.05) is 5.32 Å². The van der Waals surface area contributed by atoms with Crippen LogP contribution in [-0.4, -0.2) is 11.0 Å². The molecule has 1 aliphatic rings. The maximum Gasteiger partial charge on any atom is 0.258 e. The van der Waals surface area contributed by atoms with Crippen molar-refractivity contribution < 1.29 is 14.3 Å². The number of hydrogen-bond acceptors (Lipinski definition) is 2. The van der Waals surface area contributed by atoms with Crippen LogP contribution in [0, 0.1) is 5.82 Å². The van der Waals surface area contributed by atoms with Crippen LogP contribution in [0.15, 0.2) is 12.1 Å². The summed E-state index contributed by atoms with van der Waals surface area (Å²) in [4.78, 5) is 10.9. The maximum absolute atomic E-state index is 13.0. The number of fused-ring (bicyclic) bond motifs is 1. The smallest absolute Gasteiger partial charge is 0.258 e. The number of nitrogens with one attached hydrogen (secondary N) is 1. The van der Waals surface area contributed by atoms with Crippen molar-refractivity contribution in [3.05, 3.63) is 28.5 Å². The van der Waals surface area contributed by atoms with Crippen LogP contribution in [0.5, 0.6) is 0 Å². The largest absolute Gasteiger partial charge is 0.378 e. The number of anilines is 1. The van der Waals surface area contributed by atoms with E-state index in [1.54, 1.807) is 0 Å². The molecule has 68 valence electrons. The lowest BCUT2D eigenvalue weighted by molar-refractivity contribution is -0.123. The van der Waals surface area contributed by atoms with Gasteiger partial charge in [-0.3, -0.25) is 4.79 Å². The zero-order chi connectivity index (χ0) is 9.59. The van der Waals surface area contributed by atoms with Gasteiger partial charge >= 0.3 is 0 Å². The van der Waals surface area contributed by atoms with Crippen molar-refractivity contribution in [3.63, 3.8) is 0 Å². The molecule has 0 fully saturated rings. The Labute approximate surface area is 78.1 Å². The molecule has 0 aliphatic carbocycles. The van der Waals surface area contributed by atoms with Crippen LogP contribution in [0.1, 0.15) is 11.7 Å².